The van der Waals surface area contributed by atoms with Crippen molar-refractivity contribution in [1.82, 2.24) is 20.2 Å². The molecule has 0 saturated carbocycles. The van der Waals surface area contributed by atoms with Crippen molar-refractivity contribution in [3.05, 3.63) is 90.3 Å². The zero-order valence-electron chi connectivity index (χ0n) is 14.8. The van der Waals surface area contributed by atoms with Gasteiger partial charge in [0.05, 0.1) is 5.69 Å². The molecule has 0 aliphatic carbocycles. The summed E-state index contributed by atoms with van der Waals surface area (Å²) in [5.74, 6) is -0.0261. The Kier molecular flexibility index (Phi) is 3.94. The second kappa shape index (κ2) is 6.74. The van der Waals surface area contributed by atoms with E-state index in [2.05, 4.69) is 20.2 Å². The van der Waals surface area contributed by atoms with E-state index in [0.717, 1.165) is 22.0 Å². The van der Waals surface area contributed by atoms with Gasteiger partial charge < -0.3 is 9.72 Å². The van der Waals surface area contributed by atoms with Crippen molar-refractivity contribution in [2.75, 3.05) is 0 Å². The molecule has 0 fully saturated rings. The van der Waals surface area contributed by atoms with Crippen LogP contribution >= 0.6 is 0 Å². The average Bonchev–Trinajstić information content (AvgIpc) is 3.22. The molecule has 0 aliphatic rings. The molecule has 0 amide bonds. The fourth-order valence-electron chi connectivity index (χ4n) is 3.29. The number of hydrogen-bond acceptors (Lipinski definition) is 4. The molecule has 1 N–H and O–H groups in total. The molecule has 6 heteroatoms. The van der Waals surface area contributed by atoms with Gasteiger partial charge >= 0.3 is 0 Å². The number of hydrogen-bond donors (Lipinski definition) is 1. The Morgan fingerprint density at radius 2 is 1.68 bits per heavy atom. The summed E-state index contributed by atoms with van der Waals surface area (Å²) in [5, 5.41) is 10.8. The van der Waals surface area contributed by atoms with Crippen LogP contribution in [0.25, 0.3) is 21.7 Å². The third-order valence-electron chi connectivity index (χ3n) is 4.69. The van der Waals surface area contributed by atoms with Crippen molar-refractivity contribution in [1.29, 1.82) is 0 Å². The minimum Gasteiger partial charge on any atom is -0.434 e. The smallest absolute Gasteiger partial charge is 0.246 e. The molecule has 5 rings (SSSR count). The van der Waals surface area contributed by atoms with E-state index in [4.69, 9.17) is 4.74 Å². The van der Waals surface area contributed by atoms with E-state index in [-0.39, 0.29) is 11.6 Å². The van der Waals surface area contributed by atoms with Crippen molar-refractivity contribution in [3.63, 3.8) is 0 Å². The van der Waals surface area contributed by atoms with Gasteiger partial charge in [0.1, 0.15) is 0 Å². The van der Waals surface area contributed by atoms with E-state index in [9.17, 15) is 4.39 Å². The van der Waals surface area contributed by atoms with Crippen molar-refractivity contribution >= 4 is 21.7 Å². The largest absolute Gasteiger partial charge is 0.434 e. The normalized spacial score (nSPS) is 11.2. The Morgan fingerprint density at radius 1 is 0.857 bits per heavy atom. The first-order valence-corrected chi connectivity index (χ1v) is 8.86. The lowest BCUT2D eigenvalue weighted by molar-refractivity contribution is 0.429. The van der Waals surface area contributed by atoms with Crippen LogP contribution in [0.15, 0.2) is 73.2 Å². The number of rotatable bonds is 4. The van der Waals surface area contributed by atoms with Crippen molar-refractivity contribution in [2.45, 2.75) is 6.42 Å². The summed E-state index contributed by atoms with van der Waals surface area (Å²) in [6.45, 7) is 0. The number of fused-ring (bicyclic) bond motifs is 2. The van der Waals surface area contributed by atoms with Gasteiger partial charge in [-0.05, 0) is 42.0 Å². The molecule has 0 bridgehead atoms. The number of ether oxygens (including phenoxy) is 1. The Labute approximate surface area is 159 Å². The van der Waals surface area contributed by atoms with Crippen LogP contribution < -0.4 is 4.74 Å². The first-order chi connectivity index (χ1) is 13.8. The number of halogens is 1. The molecule has 0 radical (unpaired) electrons. The van der Waals surface area contributed by atoms with Gasteiger partial charge in [-0.3, -0.25) is 4.98 Å². The molecule has 5 nitrogen and oxygen atoms in total. The molecular formula is C22H15FN4O. The topological polar surface area (TPSA) is 63.7 Å². The quantitative estimate of drug-likeness (QED) is 0.482. The lowest BCUT2D eigenvalue weighted by atomic mass is 10.1. The number of H-pyrrole nitrogens is 1. The summed E-state index contributed by atoms with van der Waals surface area (Å²) < 4.78 is 20.6. The second-order valence-corrected chi connectivity index (χ2v) is 6.45. The SMILES string of the molecule is Fc1c(Oc2nnc(Cc3ccncc3)c3ccccc23)ccc2[nH]ccc12. The number of pyridine rings is 1. The molecule has 5 aromatic rings. The Bertz CT molecular complexity index is 1280. The Morgan fingerprint density at radius 3 is 2.54 bits per heavy atom. The minimum atomic E-state index is -0.425. The van der Waals surface area contributed by atoms with Crippen LogP contribution in [-0.4, -0.2) is 20.2 Å². The lowest BCUT2D eigenvalue weighted by Gasteiger charge is -2.11. The summed E-state index contributed by atoms with van der Waals surface area (Å²) >= 11 is 0. The fraction of sp³-hybridized carbons (Fsp3) is 0.0455. The zero-order valence-corrected chi connectivity index (χ0v) is 14.8. The molecule has 2 aromatic carbocycles. The highest BCUT2D eigenvalue weighted by Crippen LogP contribution is 2.33. The monoisotopic (exact) mass is 370 g/mol. The summed E-state index contributed by atoms with van der Waals surface area (Å²) in [6.07, 6.45) is 5.82. The highest BCUT2D eigenvalue weighted by molar-refractivity contribution is 5.89. The molecule has 0 aliphatic heterocycles. The summed E-state index contributed by atoms with van der Waals surface area (Å²) in [6, 6.07) is 16.7. The molecular weight excluding hydrogens is 355 g/mol. The molecule has 0 unspecified atom stereocenters. The maximum atomic E-state index is 14.8. The predicted molar refractivity (Wildman–Crippen MR) is 105 cm³/mol. The van der Waals surface area contributed by atoms with E-state index < -0.39 is 5.82 Å². The van der Waals surface area contributed by atoms with Gasteiger partial charge in [-0.15, -0.1) is 5.10 Å². The van der Waals surface area contributed by atoms with Crippen molar-refractivity contribution in [2.24, 2.45) is 0 Å². The van der Waals surface area contributed by atoms with Gasteiger partial charge in [0.25, 0.3) is 0 Å². The third kappa shape index (κ3) is 2.85. The van der Waals surface area contributed by atoms with Crippen LogP contribution in [-0.2, 0) is 6.42 Å². The third-order valence-corrected chi connectivity index (χ3v) is 4.69. The van der Waals surface area contributed by atoms with E-state index in [1.54, 1.807) is 36.8 Å². The minimum absolute atomic E-state index is 0.119. The van der Waals surface area contributed by atoms with E-state index in [1.807, 2.05) is 36.4 Å². The van der Waals surface area contributed by atoms with E-state index >= 15 is 0 Å². The number of benzene rings is 2. The molecule has 136 valence electrons. The van der Waals surface area contributed by atoms with Gasteiger partial charge in [-0.2, -0.15) is 5.10 Å². The Hall–Kier alpha value is -3.80. The number of aromatic amines is 1. The molecule has 0 saturated heterocycles. The van der Waals surface area contributed by atoms with Gasteiger partial charge in [0.15, 0.2) is 11.6 Å². The van der Waals surface area contributed by atoms with Gasteiger partial charge in [0, 0.05) is 46.7 Å². The Balaban J connectivity index is 1.57. The number of nitrogens with zero attached hydrogens (tertiary/aromatic N) is 3. The summed E-state index contributed by atoms with van der Waals surface area (Å²) in [5.41, 5.74) is 2.64. The molecule has 3 heterocycles. The number of nitrogens with one attached hydrogen (secondary N) is 1. The van der Waals surface area contributed by atoms with Crippen LogP contribution in [0.1, 0.15) is 11.3 Å². The molecule has 3 aromatic heterocycles. The van der Waals surface area contributed by atoms with Crippen LogP contribution in [0.4, 0.5) is 4.39 Å². The molecule has 0 atom stereocenters. The molecule has 0 spiro atoms. The highest BCUT2D eigenvalue weighted by atomic mass is 19.1. The van der Waals surface area contributed by atoms with Gasteiger partial charge in [0.2, 0.25) is 5.88 Å². The van der Waals surface area contributed by atoms with Crippen molar-refractivity contribution in [3.8, 4) is 11.6 Å². The first kappa shape index (κ1) is 16.4. The standard InChI is InChI=1S/C22H15FN4O/c23-21-17-9-12-25-18(17)5-6-20(21)28-22-16-4-2-1-3-15(16)19(26-27-22)13-14-7-10-24-11-8-14/h1-12,25H,13H2. The number of aromatic nitrogens is 4. The molecule has 28 heavy (non-hydrogen) atoms. The fourth-order valence-corrected chi connectivity index (χ4v) is 3.29. The second-order valence-electron chi connectivity index (χ2n) is 6.45. The zero-order chi connectivity index (χ0) is 18.9. The van der Waals surface area contributed by atoms with Crippen LogP contribution in [0.5, 0.6) is 11.6 Å². The summed E-state index contributed by atoms with van der Waals surface area (Å²) in [4.78, 5) is 7.03. The summed E-state index contributed by atoms with van der Waals surface area (Å²) in [7, 11) is 0. The van der Waals surface area contributed by atoms with Gasteiger partial charge in [-0.1, -0.05) is 18.2 Å². The van der Waals surface area contributed by atoms with Crippen LogP contribution in [0.2, 0.25) is 0 Å². The van der Waals surface area contributed by atoms with Gasteiger partial charge in [-0.25, -0.2) is 4.39 Å². The predicted octanol–water partition coefficient (Wildman–Crippen LogP) is 5.03. The highest BCUT2D eigenvalue weighted by Gasteiger charge is 2.15. The maximum absolute atomic E-state index is 14.8. The van der Waals surface area contributed by atoms with E-state index in [1.165, 1.54) is 0 Å². The maximum Gasteiger partial charge on any atom is 0.246 e. The van der Waals surface area contributed by atoms with E-state index in [0.29, 0.717) is 17.3 Å². The first-order valence-electron chi connectivity index (χ1n) is 8.86. The average molecular weight is 370 g/mol. The van der Waals surface area contributed by atoms with Crippen LogP contribution in [0, 0.1) is 5.82 Å². The van der Waals surface area contributed by atoms with Crippen molar-refractivity contribution < 1.29 is 9.13 Å². The van der Waals surface area contributed by atoms with Crippen LogP contribution in [0.3, 0.4) is 0 Å². The lowest BCUT2D eigenvalue weighted by Crippen LogP contribution is -2.00.